The normalized spacial score (nSPS) is 27.7. The van der Waals surface area contributed by atoms with Crippen LogP contribution in [0.2, 0.25) is 0 Å². The average molecular weight is 358 g/mol. The van der Waals surface area contributed by atoms with Crippen LogP contribution in [0.15, 0.2) is 30.3 Å². The Morgan fingerprint density at radius 1 is 1.19 bits per heavy atom. The van der Waals surface area contributed by atoms with E-state index in [1.54, 1.807) is 0 Å². The van der Waals surface area contributed by atoms with Gasteiger partial charge in [-0.15, -0.1) is 0 Å². The van der Waals surface area contributed by atoms with Gasteiger partial charge in [0.25, 0.3) is 0 Å². The summed E-state index contributed by atoms with van der Waals surface area (Å²) in [7, 11) is 2.20. The molecule has 1 amide bonds. The maximum absolute atomic E-state index is 13.0. The van der Waals surface area contributed by atoms with Crippen molar-refractivity contribution >= 4 is 5.91 Å². The number of nitrogens with zero attached hydrogens (tertiary/aromatic N) is 2. The van der Waals surface area contributed by atoms with Gasteiger partial charge in [-0.05, 0) is 51.1 Å². The first-order valence-corrected chi connectivity index (χ1v) is 10.3. The van der Waals surface area contributed by atoms with E-state index in [4.69, 9.17) is 5.73 Å². The van der Waals surface area contributed by atoms with Gasteiger partial charge in [0.05, 0.1) is 5.92 Å². The fourth-order valence-corrected chi connectivity index (χ4v) is 4.72. The molecule has 1 aliphatic carbocycles. The average Bonchev–Trinajstić information content (AvgIpc) is 2.62. The molecule has 1 aliphatic heterocycles. The largest absolute Gasteiger partial charge is 0.342 e. The van der Waals surface area contributed by atoms with Crippen LogP contribution < -0.4 is 5.73 Å². The number of likely N-dealkylation sites (tertiary alicyclic amines) is 1. The molecule has 1 aromatic carbocycles. The molecular formula is C22H35N3O. The second kappa shape index (κ2) is 8.53. The molecule has 0 radical (unpaired) electrons. The van der Waals surface area contributed by atoms with Gasteiger partial charge >= 0.3 is 0 Å². The highest BCUT2D eigenvalue weighted by atomic mass is 16.2. The molecule has 2 unspecified atom stereocenters. The fraction of sp³-hybridized carbons (Fsp3) is 0.682. The van der Waals surface area contributed by atoms with Crippen LogP contribution in [-0.2, 0) is 11.3 Å². The first-order valence-electron chi connectivity index (χ1n) is 10.3. The predicted molar refractivity (Wildman–Crippen MR) is 107 cm³/mol. The molecule has 2 fully saturated rings. The number of piperidine rings is 1. The van der Waals surface area contributed by atoms with Crippen molar-refractivity contribution in [3.63, 3.8) is 0 Å². The second-order valence-corrected chi connectivity index (χ2v) is 8.76. The molecular weight excluding hydrogens is 322 g/mol. The summed E-state index contributed by atoms with van der Waals surface area (Å²) in [6, 6.07) is 10.6. The summed E-state index contributed by atoms with van der Waals surface area (Å²) in [5.74, 6) is 1.02. The highest BCUT2D eigenvalue weighted by Gasteiger charge is 2.40. The number of hydrogen-bond donors (Lipinski definition) is 1. The predicted octanol–water partition coefficient (Wildman–Crippen LogP) is 3.26. The molecule has 0 spiro atoms. The number of hydrogen-bond acceptors (Lipinski definition) is 3. The van der Waals surface area contributed by atoms with Crippen molar-refractivity contribution in [2.24, 2.45) is 17.6 Å². The quantitative estimate of drug-likeness (QED) is 0.880. The minimum atomic E-state index is -0.317. The van der Waals surface area contributed by atoms with Crippen LogP contribution in [0.5, 0.6) is 0 Å². The highest BCUT2D eigenvalue weighted by Crippen LogP contribution is 2.34. The molecule has 2 atom stereocenters. The van der Waals surface area contributed by atoms with Crippen LogP contribution in [0.1, 0.15) is 51.0 Å². The lowest BCUT2D eigenvalue weighted by atomic mass is 9.73. The molecule has 3 rings (SSSR count). The zero-order valence-corrected chi connectivity index (χ0v) is 16.5. The molecule has 2 aliphatic rings. The van der Waals surface area contributed by atoms with E-state index >= 15 is 0 Å². The molecule has 1 saturated heterocycles. The van der Waals surface area contributed by atoms with E-state index in [2.05, 4.69) is 54.1 Å². The Kier molecular flexibility index (Phi) is 6.36. The van der Waals surface area contributed by atoms with Gasteiger partial charge in [0.2, 0.25) is 5.91 Å². The van der Waals surface area contributed by atoms with E-state index in [9.17, 15) is 4.79 Å². The molecule has 1 heterocycles. The lowest BCUT2D eigenvalue weighted by Crippen LogP contribution is -2.55. The summed E-state index contributed by atoms with van der Waals surface area (Å²) in [4.78, 5) is 17.5. The van der Waals surface area contributed by atoms with Crippen molar-refractivity contribution in [1.29, 1.82) is 0 Å². The first-order chi connectivity index (χ1) is 12.5. The molecule has 1 saturated carbocycles. The Morgan fingerprint density at radius 2 is 1.88 bits per heavy atom. The Labute approximate surface area is 158 Å². The SMILES string of the molecule is CN(Cc1ccccc1)CC1CCN(C(=O)C2CCCCC2(C)N)CC1. The van der Waals surface area contributed by atoms with Crippen LogP contribution in [0, 0.1) is 11.8 Å². The van der Waals surface area contributed by atoms with E-state index in [1.165, 1.54) is 5.56 Å². The van der Waals surface area contributed by atoms with Crippen molar-refractivity contribution in [3.8, 4) is 0 Å². The van der Waals surface area contributed by atoms with Gasteiger partial charge < -0.3 is 15.5 Å². The smallest absolute Gasteiger partial charge is 0.227 e. The number of nitrogens with two attached hydrogens (primary N) is 1. The van der Waals surface area contributed by atoms with Gasteiger partial charge in [-0.1, -0.05) is 43.2 Å². The van der Waals surface area contributed by atoms with Crippen molar-refractivity contribution in [3.05, 3.63) is 35.9 Å². The zero-order valence-electron chi connectivity index (χ0n) is 16.5. The number of benzene rings is 1. The highest BCUT2D eigenvalue weighted by molar-refractivity contribution is 5.80. The van der Waals surface area contributed by atoms with Crippen molar-refractivity contribution in [1.82, 2.24) is 9.80 Å². The number of carbonyl (C=O) groups excluding carboxylic acids is 1. The number of carbonyl (C=O) groups is 1. The van der Waals surface area contributed by atoms with Crippen LogP contribution >= 0.6 is 0 Å². The van der Waals surface area contributed by atoms with Gasteiger partial charge in [0.15, 0.2) is 0 Å². The van der Waals surface area contributed by atoms with Crippen LogP contribution in [0.4, 0.5) is 0 Å². The summed E-state index contributed by atoms with van der Waals surface area (Å²) in [5.41, 5.74) is 7.49. The van der Waals surface area contributed by atoms with Gasteiger partial charge in [-0.25, -0.2) is 0 Å². The minimum Gasteiger partial charge on any atom is -0.342 e. The molecule has 1 aromatic rings. The molecule has 0 aromatic heterocycles. The Balaban J connectivity index is 1.46. The van der Waals surface area contributed by atoms with E-state index in [1.807, 2.05) is 0 Å². The van der Waals surface area contributed by atoms with Crippen molar-refractivity contribution < 1.29 is 4.79 Å². The monoisotopic (exact) mass is 357 g/mol. The van der Waals surface area contributed by atoms with Crippen molar-refractivity contribution in [2.75, 3.05) is 26.7 Å². The molecule has 2 N–H and O–H groups in total. The van der Waals surface area contributed by atoms with Crippen LogP contribution in [0.3, 0.4) is 0 Å². The second-order valence-electron chi connectivity index (χ2n) is 8.76. The van der Waals surface area contributed by atoms with Gasteiger partial charge in [-0.3, -0.25) is 4.79 Å². The maximum atomic E-state index is 13.0. The summed E-state index contributed by atoms with van der Waals surface area (Å²) < 4.78 is 0. The summed E-state index contributed by atoms with van der Waals surface area (Å²) >= 11 is 0. The number of amides is 1. The number of rotatable bonds is 5. The third-order valence-electron chi connectivity index (χ3n) is 6.34. The Morgan fingerprint density at radius 3 is 2.54 bits per heavy atom. The topological polar surface area (TPSA) is 49.6 Å². The van der Waals surface area contributed by atoms with Gasteiger partial charge in [-0.2, -0.15) is 0 Å². The summed E-state index contributed by atoms with van der Waals surface area (Å²) in [5, 5.41) is 0. The lowest BCUT2D eigenvalue weighted by molar-refractivity contribution is -0.140. The third kappa shape index (κ3) is 4.86. The third-order valence-corrected chi connectivity index (χ3v) is 6.34. The maximum Gasteiger partial charge on any atom is 0.227 e. The van der Waals surface area contributed by atoms with Gasteiger partial charge in [0.1, 0.15) is 0 Å². The van der Waals surface area contributed by atoms with E-state index in [0.717, 1.165) is 64.7 Å². The Bertz CT molecular complexity index is 578. The summed E-state index contributed by atoms with van der Waals surface area (Å²) in [6.07, 6.45) is 6.46. The van der Waals surface area contributed by atoms with E-state index in [0.29, 0.717) is 11.8 Å². The van der Waals surface area contributed by atoms with Gasteiger partial charge in [0, 0.05) is 31.7 Å². The minimum absolute atomic E-state index is 0.0218. The van der Waals surface area contributed by atoms with E-state index < -0.39 is 0 Å². The molecule has 26 heavy (non-hydrogen) atoms. The molecule has 4 nitrogen and oxygen atoms in total. The van der Waals surface area contributed by atoms with Crippen LogP contribution in [0.25, 0.3) is 0 Å². The fourth-order valence-electron chi connectivity index (χ4n) is 4.72. The summed E-state index contributed by atoms with van der Waals surface area (Å²) in [6.45, 7) is 5.97. The Hall–Kier alpha value is -1.39. The lowest BCUT2D eigenvalue weighted by Gasteiger charge is -2.42. The van der Waals surface area contributed by atoms with E-state index in [-0.39, 0.29) is 11.5 Å². The standard InChI is InChI=1S/C22H35N3O/c1-22(23)13-7-6-10-20(22)21(26)25-14-11-19(12-15-25)17-24(2)16-18-8-4-3-5-9-18/h3-5,8-9,19-20H,6-7,10-17,23H2,1-2H3. The molecule has 144 valence electrons. The first kappa shape index (κ1) is 19.4. The van der Waals surface area contributed by atoms with Crippen LogP contribution in [-0.4, -0.2) is 47.9 Å². The molecule has 0 bridgehead atoms. The van der Waals surface area contributed by atoms with Crippen molar-refractivity contribution in [2.45, 2.75) is 57.5 Å². The zero-order chi connectivity index (χ0) is 18.6. The molecule has 4 heteroatoms.